The van der Waals surface area contributed by atoms with Gasteiger partial charge in [-0.3, -0.25) is 9.59 Å². The molecular formula is C30H35N3O4. The van der Waals surface area contributed by atoms with Crippen molar-refractivity contribution in [2.24, 2.45) is 0 Å². The van der Waals surface area contributed by atoms with E-state index in [9.17, 15) is 9.59 Å². The van der Waals surface area contributed by atoms with Crippen molar-refractivity contribution in [3.8, 4) is 22.5 Å². The molecule has 0 spiro atoms. The number of hydrogen-bond donors (Lipinski definition) is 0. The SMILES string of the molecule is CCOC(=O)CCCCCCN1CC[C@H](OC(C)=O)c2nc(-c3ccccc3)c(-c3ccccc3)nc21. The molecule has 0 unspecified atom stereocenters. The Bertz CT molecular complexity index is 1180. The van der Waals surface area contributed by atoms with Gasteiger partial charge in [-0.05, 0) is 19.8 Å². The van der Waals surface area contributed by atoms with E-state index in [1.807, 2.05) is 67.6 Å². The molecule has 194 valence electrons. The van der Waals surface area contributed by atoms with Gasteiger partial charge < -0.3 is 14.4 Å². The molecule has 1 atom stereocenters. The fraction of sp³-hybridized carbons (Fsp3) is 0.400. The molecule has 0 radical (unpaired) electrons. The predicted molar refractivity (Wildman–Crippen MR) is 144 cm³/mol. The molecule has 0 saturated carbocycles. The minimum Gasteiger partial charge on any atom is -0.466 e. The van der Waals surface area contributed by atoms with E-state index in [4.69, 9.17) is 19.4 Å². The van der Waals surface area contributed by atoms with E-state index in [0.29, 0.717) is 25.1 Å². The highest BCUT2D eigenvalue weighted by atomic mass is 16.5. The number of benzene rings is 2. The summed E-state index contributed by atoms with van der Waals surface area (Å²) in [7, 11) is 0. The quantitative estimate of drug-likeness (QED) is 0.231. The van der Waals surface area contributed by atoms with Crippen molar-refractivity contribution in [1.82, 2.24) is 9.97 Å². The van der Waals surface area contributed by atoms with Crippen molar-refractivity contribution in [2.75, 3.05) is 24.6 Å². The summed E-state index contributed by atoms with van der Waals surface area (Å²) in [6, 6.07) is 20.1. The molecule has 0 bridgehead atoms. The van der Waals surface area contributed by atoms with Crippen molar-refractivity contribution >= 4 is 17.8 Å². The van der Waals surface area contributed by atoms with Crippen molar-refractivity contribution in [3.63, 3.8) is 0 Å². The van der Waals surface area contributed by atoms with E-state index in [1.165, 1.54) is 6.92 Å². The molecule has 2 heterocycles. The van der Waals surface area contributed by atoms with Crippen molar-refractivity contribution in [1.29, 1.82) is 0 Å². The standard InChI is InChI=1S/C30H35N3O4/c1-3-36-26(35)18-12-4-5-13-20-33-21-19-25(37-22(2)34)29-30(33)32-28(24-16-10-7-11-17-24)27(31-29)23-14-8-6-9-15-23/h6-11,14-17,25H,3-5,12-13,18-21H2,1-2H3/t25-/m0/s1. The maximum atomic E-state index is 11.9. The number of rotatable bonds is 11. The zero-order chi connectivity index (χ0) is 26.0. The first-order valence-corrected chi connectivity index (χ1v) is 13.2. The zero-order valence-corrected chi connectivity index (χ0v) is 21.7. The maximum absolute atomic E-state index is 11.9. The Labute approximate surface area is 218 Å². The molecule has 3 aromatic rings. The van der Waals surface area contributed by atoms with Crippen molar-refractivity contribution in [2.45, 2.75) is 58.5 Å². The summed E-state index contributed by atoms with van der Waals surface area (Å²) in [6.45, 7) is 5.26. The number of anilines is 1. The highest BCUT2D eigenvalue weighted by Crippen LogP contribution is 2.39. The number of fused-ring (bicyclic) bond motifs is 1. The maximum Gasteiger partial charge on any atom is 0.305 e. The second-order valence-corrected chi connectivity index (χ2v) is 9.20. The molecule has 7 heteroatoms. The molecule has 0 saturated heterocycles. The van der Waals surface area contributed by atoms with Crippen LogP contribution in [0.25, 0.3) is 22.5 Å². The monoisotopic (exact) mass is 501 g/mol. The molecule has 0 aliphatic carbocycles. The van der Waals surface area contributed by atoms with E-state index >= 15 is 0 Å². The van der Waals surface area contributed by atoms with Crippen LogP contribution >= 0.6 is 0 Å². The van der Waals surface area contributed by atoms with E-state index in [0.717, 1.165) is 67.1 Å². The Morgan fingerprint density at radius 1 is 0.892 bits per heavy atom. The van der Waals surface area contributed by atoms with Crippen LogP contribution in [0.3, 0.4) is 0 Å². The topological polar surface area (TPSA) is 81.6 Å². The predicted octanol–water partition coefficient (Wildman–Crippen LogP) is 6.14. The highest BCUT2D eigenvalue weighted by Gasteiger charge is 2.32. The Hall–Kier alpha value is -3.74. The number of ether oxygens (including phenoxy) is 2. The Morgan fingerprint density at radius 3 is 2.14 bits per heavy atom. The van der Waals surface area contributed by atoms with Gasteiger partial charge >= 0.3 is 11.9 Å². The normalized spacial score (nSPS) is 14.6. The van der Waals surface area contributed by atoms with Gasteiger partial charge in [0.15, 0.2) is 5.82 Å². The number of hydrogen-bond acceptors (Lipinski definition) is 7. The third-order valence-electron chi connectivity index (χ3n) is 6.44. The largest absolute Gasteiger partial charge is 0.466 e. The smallest absolute Gasteiger partial charge is 0.305 e. The number of aromatic nitrogens is 2. The lowest BCUT2D eigenvalue weighted by molar-refractivity contribution is -0.147. The zero-order valence-electron chi connectivity index (χ0n) is 21.7. The highest BCUT2D eigenvalue weighted by molar-refractivity contribution is 5.80. The Morgan fingerprint density at radius 2 is 1.51 bits per heavy atom. The van der Waals surface area contributed by atoms with Crippen LogP contribution in [0, 0.1) is 0 Å². The van der Waals surface area contributed by atoms with Gasteiger partial charge in [-0.1, -0.05) is 73.5 Å². The second-order valence-electron chi connectivity index (χ2n) is 9.20. The molecule has 0 amide bonds. The lowest BCUT2D eigenvalue weighted by atomic mass is 10.0. The van der Waals surface area contributed by atoms with Crippen LogP contribution in [0.5, 0.6) is 0 Å². The lowest BCUT2D eigenvalue weighted by Crippen LogP contribution is -2.35. The summed E-state index contributed by atoms with van der Waals surface area (Å²) in [5, 5.41) is 0. The molecule has 4 rings (SSSR count). The van der Waals surface area contributed by atoms with Gasteiger partial charge in [-0.25, -0.2) is 9.97 Å². The minimum absolute atomic E-state index is 0.123. The van der Waals surface area contributed by atoms with E-state index in [1.54, 1.807) is 0 Å². The number of esters is 2. The fourth-order valence-electron chi connectivity index (χ4n) is 4.69. The van der Waals surface area contributed by atoms with Gasteiger partial charge in [0.05, 0.1) is 18.0 Å². The van der Waals surface area contributed by atoms with Crippen LogP contribution in [-0.4, -0.2) is 41.6 Å². The van der Waals surface area contributed by atoms with Crippen LogP contribution < -0.4 is 4.90 Å². The van der Waals surface area contributed by atoms with Crippen molar-refractivity contribution in [3.05, 3.63) is 66.4 Å². The van der Waals surface area contributed by atoms with Gasteiger partial charge in [0, 0.05) is 44.0 Å². The van der Waals surface area contributed by atoms with E-state index in [-0.39, 0.29) is 11.9 Å². The van der Waals surface area contributed by atoms with E-state index < -0.39 is 6.10 Å². The summed E-state index contributed by atoms with van der Waals surface area (Å²) in [5.74, 6) is 0.339. The molecule has 1 aliphatic heterocycles. The number of nitrogens with zero attached hydrogens (tertiary/aromatic N) is 3. The van der Waals surface area contributed by atoms with Crippen LogP contribution in [0.2, 0.25) is 0 Å². The first kappa shape index (κ1) is 26.3. The van der Waals surface area contributed by atoms with Gasteiger partial charge in [-0.15, -0.1) is 0 Å². The van der Waals surface area contributed by atoms with Gasteiger partial charge in [-0.2, -0.15) is 0 Å². The average molecular weight is 502 g/mol. The van der Waals surface area contributed by atoms with Crippen LogP contribution in [-0.2, 0) is 19.1 Å². The molecule has 1 aliphatic rings. The Balaban J connectivity index is 1.60. The van der Waals surface area contributed by atoms with E-state index in [2.05, 4.69) is 4.90 Å². The van der Waals surface area contributed by atoms with Crippen molar-refractivity contribution < 1.29 is 19.1 Å². The van der Waals surface area contributed by atoms with Crippen LogP contribution in [0.15, 0.2) is 60.7 Å². The molecule has 0 fully saturated rings. The molecule has 2 aromatic carbocycles. The lowest BCUT2D eigenvalue weighted by Gasteiger charge is -2.34. The summed E-state index contributed by atoms with van der Waals surface area (Å²) < 4.78 is 10.7. The number of unbranched alkanes of at least 4 members (excludes halogenated alkanes) is 3. The summed E-state index contributed by atoms with van der Waals surface area (Å²) in [6.07, 6.45) is 4.52. The third-order valence-corrected chi connectivity index (χ3v) is 6.44. The summed E-state index contributed by atoms with van der Waals surface area (Å²) >= 11 is 0. The number of carbonyl (C=O) groups is 2. The summed E-state index contributed by atoms with van der Waals surface area (Å²) in [4.78, 5) is 36.0. The Kier molecular flexibility index (Phi) is 9.24. The van der Waals surface area contributed by atoms with Crippen LogP contribution in [0.1, 0.15) is 64.2 Å². The third kappa shape index (κ3) is 6.94. The molecule has 0 N–H and O–H groups in total. The molecule has 7 nitrogen and oxygen atoms in total. The first-order chi connectivity index (χ1) is 18.1. The van der Waals surface area contributed by atoms with Gasteiger partial charge in [0.1, 0.15) is 11.8 Å². The van der Waals surface area contributed by atoms with Gasteiger partial charge in [0.25, 0.3) is 0 Å². The fourth-order valence-corrected chi connectivity index (χ4v) is 4.69. The number of carbonyl (C=O) groups excluding carboxylic acids is 2. The first-order valence-electron chi connectivity index (χ1n) is 13.2. The average Bonchev–Trinajstić information content (AvgIpc) is 2.92. The molecular weight excluding hydrogens is 466 g/mol. The minimum atomic E-state index is -0.423. The second kappa shape index (κ2) is 13.0. The molecule has 1 aromatic heterocycles. The van der Waals surface area contributed by atoms with Crippen LogP contribution in [0.4, 0.5) is 5.82 Å². The summed E-state index contributed by atoms with van der Waals surface area (Å²) in [5.41, 5.74) is 4.27. The van der Waals surface area contributed by atoms with Gasteiger partial charge in [0.2, 0.25) is 0 Å². The molecule has 37 heavy (non-hydrogen) atoms.